The van der Waals surface area contributed by atoms with E-state index >= 15 is 0 Å². The maximum absolute atomic E-state index is 12.2. The predicted molar refractivity (Wildman–Crippen MR) is 77.5 cm³/mol. The van der Waals surface area contributed by atoms with Crippen molar-refractivity contribution in [1.82, 2.24) is 0 Å². The first kappa shape index (κ1) is 14.9. The van der Waals surface area contributed by atoms with Gasteiger partial charge in [0.05, 0.1) is 17.1 Å². The molecular weight excluding hydrogens is 294 g/mol. The molecule has 0 aliphatic heterocycles. The molecule has 0 radical (unpaired) electrons. The molecule has 18 heavy (non-hydrogen) atoms. The summed E-state index contributed by atoms with van der Waals surface area (Å²) in [6.45, 7) is 7.77. The van der Waals surface area contributed by atoms with Crippen LogP contribution in [0.25, 0.3) is 0 Å². The highest BCUT2D eigenvalue weighted by atomic mass is 79.9. The van der Waals surface area contributed by atoms with Crippen LogP contribution >= 0.6 is 15.9 Å². The number of rotatable bonds is 4. The fourth-order valence-corrected chi connectivity index (χ4v) is 2.18. The SMILES string of the molecule is Cc1ccc(C)c(N(CC=O)C(=O)C(C)Br)c1C. The maximum atomic E-state index is 12.2. The molecule has 1 unspecified atom stereocenters. The molecule has 0 aromatic heterocycles. The van der Waals surface area contributed by atoms with E-state index < -0.39 is 0 Å². The third-order valence-corrected chi connectivity index (χ3v) is 3.43. The van der Waals surface area contributed by atoms with Crippen LogP contribution in [0.3, 0.4) is 0 Å². The Morgan fingerprint density at radius 3 is 2.39 bits per heavy atom. The molecule has 0 saturated carbocycles. The Morgan fingerprint density at radius 1 is 1.33 bits per heavy atom. The molecule has 1 aromatic carbocycles. The standard InChI is InChI=1S/C14H18BrNO2/c1-9-5-6-10(2)13(11(9)3)16(7-8-17)14(18)12(4)15/h5-6,8,12H,7H2,1-4H3. The molecule has 0 aliphatic rings. The molecule has 0 saturated heterocycles. The van der Waals surface area contributed by atoms with Gasteiger partial charge in [0.15, 0.2) is 0 Å². The van der Waals surface area contributed by atoms with E-state index in [0.717, 1.165) is 28.7 Å². The van der Waals surface area contributed by atoms with Crippen LogP contribution in [0.5, 0.6) is 0 Å². The zero-order chi connectivity index (χ0) is 13.9. The van der Waals surface area contributed by atoms with Gasteiger partial charge in [-0.15, -0.1) is 0 Å². The average Bonchev–Trinajstić information content (AvgIpc) is 2.32. The minimum absolute atomic E-state index is 0.0832. The first-order chi connectivity index (χ1) is 8.40. The number of nitrogens with zero attached hydrogens (tertiary/aromatic N) is 1. The summed E-state index contributed by atoms with van der Waals surface area (Å²) >= 11 is 3.27. The summed E-state index contributed by atoms with van der Waals surface area (Å²) in [4.78, 5) is 24.2. The highest BCUT2D eigenvalue weighted by molar-refractivity contribution is 9.10. The highest BCUT2D eigenvalue weighted by Crippen LogP contribution is 2.28. The molecule has 1 aromatic rings. The van der Waals surface area contributed by atoms with Crippen LogP contribution in [-0.4, -0.2) is 23.6 Å². The number of hydrogen-bond acceptors (Lipinski definition) is 2. The first-order valence-corrected chi connectivity index (χ1v) is 6.77. The molecule has 0 N–H and O–H groups in total. The van der Waals surface area contributed by atoms with Crippen molar-refractivity contribution < 1.29 is 9.59 Å². The number of aryl methyl sites for hydroxylation is 2. The van der Waals surface area contributed by atoms with Crippen molar-refractivity contribution in [2.75, 3.05) is 11.4 Å². The lowest BCUT2D eigenvalue weighted by molar-refractivity contribution is -0.119. The number of aldehydes is 1. The van der Waals surface area contributed by atoms with Gasteiger partial charge >= 0.3 is 0 Å². The van der Waals surface area contributed by atoms with E-state index in [4.69, 9.17) is 0 Å². The van der Waals surface area contributed by atoms with Crippen molar-refractivity contribution in [2.45, 2.75) is 32.5 Å². The van der Waals surface area contributed by atoms with E-state index in [2.05, 4.69) is 15.9 Å². The van der Waals surface area contributed by atoms with E-state index in [1.165, 1.54) is 0 Å². The van der Waals surface area contributed by atoms with E-state index in [1.807, 2.05) is 32.9 Å². The normalized spacial score (nSPS) is 12.1. The second kappa shape index (κ2) is 6.14. The molecule has 0 fully saturated rings. The zero-order valence-electron chi connectivity index (χ0n) is 11.2. The van der Waals surface area contributed by atoms with Gasteiger partial charge in [0, 0.05) is 0 Å². The first-order valence-electron chi connectivity index (χ1n) is 5.86. The van der Waals surface area contributed by atoms with Gasteiger partial charge < -0.3 is 9.69 Å². The molecular formula is C14H18BrNO2. The Kier molecular flexibility index (Phi) is 5.08. The summed E-state index contributed by atoms with van der Waals surface area (Å²) in [6.07, 6.45) is 0.758. The lowest BCUT2D eigenvalue weighted by Gasteiger charge is -2.26. The van der Waals surface area contributed by atoms with Crippen molar-refractivity contribution in [3.8, 4) is 0 Å². The summed E-state index contributed by atoms with van der Waals surface area (Å²) in [6, 6.07) is 4.00. The van der Waals surface area contributed by atoms with E-state index in [-0.39, 0.29) is 17.3 Å². The monoisotopic (exact) mass is 311 g/mol. The number of benzene rings is 1. The van der Waals surface area contributed by atoms with Gasteiger partial charge in [0.25, 0.3) is 0 Å². The Balaban J connectivity index is 3.34. The van der Waals surface area contributed by atoms with Crippen molar-refractivity contribution in [2.24, 2.45) is 0 Å². The second-order valence-electron chi connectivity index (χ2n) is 4.40. The summed E-state index contributed by atoms with van der Waals surface area (Å²) in [5.41, 5.74) is 4.00. The van der Waals surface area contributed by atoms with Crippen molar-refractivity contribution in [1.29, 1.82) is 0 Å². The fraction of sp³-hybridized carbons (Fsp3) is 0.429. The molecule has 4 heteroatoms. The van der Waals surface area contributed by atoms with Gasteiger partial charge in [-0.2, -0.15) is 0 Å². The molecule has 0 spiro atoms. The van der Waals surface area contributed by atoms with Crippen LogP contribution in [0.15, 0.2) is 12.1 Å². The number of alkyl halides is 1. The third kappa shape index (κ3) is 2.99. The van der Waals surface area contributed by atoms with E-state index in [9.17, 15) is 9.59 Å². The average molecular weight is 312 g/mol. The van der Waals surface area contributed by atoms with E-state index in [0.29, 0.717) is 0 Å². The molecule has 3 nitrogen and oxygen atoms in total. The smallest absolute Gasteiger partial charge is 0.240 e. The number of amides is 1. The van der Waals surface area contributed by atoms with Gasteiger partial charge in [-0.05, 0) is 44.4 Å². The molecule has 98 valence electrons. The molecule has 0 aliphatic carbocycles. The van der Waals surface area contributed by atoms with Crippen LogP contribution in [0.1, 0.15) is 23.6 Å². The molecule has 1 amide bonds. The summed E-state index contributed by atoms with van der Waals surface area (Å²) < 4.78 is 0. The van der Waals surface area contributed by atoms with Crippen molar-refractivity contribution in [3.05, 3.63) is 28.8 Å². The minimum atomic E-state index is -0.309. The summed E-state index contributed by atoms with van der Waals surface area (Å²) in [5, 5.41) is 0. The number of carbonyl (C=O) groups excluding carboxylic acids is 2. The van der Waals surface area contributed by atoms with Crippen LogP contribution in [0.2, 0.25) is 0 Å². The lowest BCUT2D eigenvalue weighted by Crippen LogP contribution is -2.38. The van der Waals surface area contributed by atoms with Gasteiger partial charge in [0.1, 0.15) is 6.29 Å². The van der Waals surface area contributed by atoms with Gasteiger partial charge in [0.2, 0.25) is 5.91 Å². The van der Waals surface area contributed by atoms with Gasteiger partial charge in [-0.3, -0.25) is 4.79 Å². The molecule has 1 rings (SSSR count). The minimum Gasteiger partial charge on any atom is -0.304 e. The topological polar surface area (TPSA) is 37.4 Å². The van der Waals surface area contributed by atoms with Crippen LogP contribution in [0, 0.1) is 20.8 Å². The summed E-state index contributed by atoms with van der Waals surface area (Å²) in [5.74, 6) is -0.0982. The third-order valence-electron chi connectivity index (χ3n) is 3.04. The van der Waals surface area contributed by atoms with E-state index in [1.54, 1.807) is 11.8 Å². The van der Waals surface area contributed by atoms with Crippen molar-refractivity contribution in [3.63, 3.8) is 0 Å². The summed E-state index contributed by atoms with van der Waals surface area (Å²) in [7, 11) is 0. The number of hydrogen-bond donors (Lipinski definition) is 0. The fourth-order valence-electron chi connectivity index (χ4n) is 1.93. The maximum Gasteiger partial charge on any atom is 0.240 e. The Morgan fingerprint density at radius 2 is 1.89 bits per heavy atom. The number of anilines is 1. The Hall–Kier alpha value is -1.16. The van der Waals surface area contributed by atoms with Crippen molar-refractivity contribution >= 4 is 33.8 Å². The van der Waals surface area contributed by atoms with Crippen LogP contribution < -0.4 is 4.90 Å². The van der Waals surface area contributed by atoms with Gasteiger partial charge in [-0.1, -0.05) is 28.1 Å². The quantitative estimate of drug-likeness (QED) is 0.633. The van der Waals surface area contributed by atoms with Gasteiger partial charge in [-0.25, -0.2) is 0 Å². The largest absolute Gasteiger partial charge is 0.304 e. The number of carbonyl (C=O) groups is 2. The zero-order valence-corrected chi connectivity index (χ0v) is 12.7. The second-order valence-corrected chi connectivity index (χ2v) is 5.78. The van der Waals surface area contributed by atoms with Crippen LogP contribution in [0.4, 0.5) is 5.69 Å². The highest BCUT2D eigenvalue weighted by Gasteiger charge is 2.22. The van der Waals surface area contributed by atoms with Crippen LogP contribution in [-0.2, 0) is 9.59 Å². The Labute approximate surface area is 116 Å². The predicted octanol–water partition coefficient (Wildman–Crippen LogP) is 2.93. The molecule has 0 heterocycles. The lowest BCUT2D eigenvalue weighted by atomic mass is 10.0. The number of halogens is 1. The molecule has 0 bridgehead atoms. The Bertz CT molecular complexity index is 469. The molecule has 1 atom stereocenters.